The van der Waals surface area contributed by atoms with Crippen molar-refractivity contribution < 1.29 is 14.3 Å². The van der Waals surface area contributed by atoms with Crippen LogP contribution in [0.4, 0.5) is 4.79 Å². The molecule has 1 aliphatic carbocycles. The lowest BCUT2D eigenvalue weighted by molar-refractivity contribution is 0.0195. The summed E-state index contributed by atoms with van der Waals surface area (Å²) in [5, 5.41) is 0. The fraction of sp³-hybridized carbons (Fsp3) is 0.818. The third-order valence-corrected chi connectivity index (χ3v) is 2.43. The molecule has 0 aliphatic heterocycles. The molecule has 14 heavy (non-hydrogen) atoms. The van der Waals surface area contributed by atoms with Crippen LogP contribution in [0.5, 0.6) is 0 Å². The molecule has 0 bridgehead atoms. The quantitative estimate of drug-likeness (QED) is 0.517. The average Bonchev–Trinajstić information content (AvgIpc) is 2.43. The zero-order valence-corrected chi connectivity index (χ0v) is 8.67. The van der Waals surface area contributed by atoms with Crippen LogP contribution >= 0.6 is 0 Å². The predicted molar refractivity (Wildman–Crippen MR) is 53.9 cm³/mol. The van der Waals surface area contributed by atoms with Gasteiger partial charge in [0.2, 0.25) is 0 Å². The van der Waals surface area contributed by atoms with Crippen molar-refractivity contribution >= 4 is 6.16 Å². The topological polar surface area (TPSA) is 35.5 Å². The van der Waals surface area contributed by atoms with Crippen molar-refractivity contribution in [1.82, 2.24) is 0 Å². The Balaban J connectivity index is 2.17. The molecule has 0 aromatic carbocycles. The maximum absolute atomic E-state index is 11.1. The van der Waals surface area contributed by atoms with Crippen LogP contribution in [0.15, 0.2) is 0 Å². The Morgan fingerprint density at radius 1 is 1.21 bits per heavy atom. The Bertz CT molecular complexity index is 160. The molecule has 3 heteroatoms. The van der Waals surface area contributed by atoms with Gasteiger partial charge >= 0.3 is 6.16 Å². The van der Waals surface area contributed by atoms with E-state index in [-0.39, 0.29) is 6.10 Å². The molecule has 1 aliphatic rings. The lowest BCUT2D eigenvalue weighted by atomic mass is 10.2. The van der Waals surface area contributed by atoms with E-state index in [1.165, 1.54) is 12.8 Å². The van der Waals surface area contributed by atoms with Gasteiger partial charge in [-0.3, -0.25) is 0 Å². The number of hydrogen-bond donors (Lipinski definition) is 0. The highest BCUT2D eigenvalue weighted by atomic mass is 16.7. The fourth-order valence-electron chi connectivity index (χ4n) is 1.69. The minimum atomic E-state index is -0.527. The Hall–Kier alpha value is -0.730. The summed E-state index contributed by atoms with van der Waals surface area (Å²) < 4.78 is 10.00. The predicted octanol–water partition coefficient (Wildman–Crippen LogP) is 3.09. The molecular formula is C11H19O3. The van der Waals surface area contributed by atoms with Gasteiger partial charge in [-0.15, -0.1) is 0 Å². The van der Waals surface area contributed by atoms with Crippen molar-refractivity contribution in [1.29, 1.82) is 0 Å². The maximum Gasteiger partial charge on any atom is 0.508 e. The Labute approximate surface area is 85.8 Å². The van der Waals surface area contributed by atoms with Crippen LogP contribution in [0.1, 0.15) is 44.9 Å². The molecule has 0 spiro atoms. The van der Waals surface area contributed by atoms with Crippen molar-refractivity contribution in [2.75, 3.05) is 6.61 Å². The minimum absolute atomic E-state index is 0.0785. The minimum Gasteiger partial charge on any atom is -0.434 e. The zero-order valence-electron chi connectivity index (χ0n) is 8.67. The van der Waals surface area contributed by atoms with Crippen LogP contribution in [0.2, 0.25) is 0 Å². The maximum atomic E-state index is 11.1. The molecule has 0 saturated heterocycles. The molecule has 0 aromatic heterocycles. The van der Waals surface area contributed by atoms with Crippen LogP contribution in [0, 0.1) is 6.92 Å². The molecule has 0 unspecified atom stereocenters. The van der Waals surface area contributed by atoms with Gasteiger partial charge in [0.25, 0.3) is 0 Å². The van der Waals surface area contributed by atoms with Gasteiger partial charge in [-0.2, -0.15) is 0 Å². The second-order valence-corrected chi connectivity index (χ2v) is 3.68. The van der Waals surface area contributed by atoms with E-state index in [2.05, 4.69) is 6.92 Å². The summed E-state index contributed by atoms with van der Waals surface area (Å²) in [6, 6.07) is 0. The second-order valence-electron chi connectivity index (χ2n) is 3.68. The highest BCUT2D eigenvalue weighted by Gasteiger charge is 2.16. The number of hydrogen-bond acceptors (Lipinski definition) is 3. The summed E-state index contributed by atoms with van der Waals surface area (Å²) in [4.78, 5) is 11.1. The Morgan fingerprint density at radius 3 is 2.43 bits per heavy atom. The number of ether oxygens (including phenoxy) is 2. The summed E-state index contributed by atoms with van der Waals surface area (Å²) in [6.07, 6.45) is 6.95. The lowest BCUT2D eigenvalue weighted by Crippen LogP contribution is -2.18. The highest BCUT2D eigenvalue weighted by Crippen LogP contribution is 2.20. The molecular weight excluding hydrogens is 180 g/mol. The summed E-state index contributed by atoms with van der Waals surface area (Å²) in [6.45, 7) is 3.94. The van der Waals surface area contributed by atoms with Gasteiger partial charge in [0.05, 0.1) is 6.61 Å². The van der Waals surface area contributed by atoms with E-state index in [1.54, 1.807) is 0 Å². The molecule has 0 heterocycles. The number of carbonyl (C=O) groups excluding carboxylic acids is 1. The van der Waals surface area contributed by atoms with Gasteiger partial charge in [-0.1, -0.05) is 12.8 Å². The SMILES string of the molecule is [CH2]CCOC(=O)OC1CCCCCC1. The van der Waals surface area contributed by atoms with Crippen molar-refractivity contribution in [3.63, 3.8) is 0 Å². The van der Waals surface area contributed by atoms with E-state index in [9.17, 15) is 4.79 Å². The first-order valence-electron chi connectivity index (χ1n) is 5.45. The molecule has 3 nitrogen and oxygen atoms in total. The standard InChI is InChI=1S/C11H19O3/c1-2-9-13-11(12)14-10-7-5-3-4-6-8-10/h10H,1-9H2. The van der Waals surface area contributed by atoms with E-state index in [1.807, 2.05) is 0 Å². The molecule has 0 amide bonds. The molecule has 0 N–H and O–H groups in total. The summed E-state index contributed by atoms with van der Waals surface area (Å²) in [7, 11) is 0. The first-order chi connectivity index (χ1) is 6.83. The fourth-order valence-corrected chi connectivity index (χ4v) is 1.69. The molecule has 1 saturated carbocycles. The number of rotatable bonds is 3. The van der Waals surface area contributed by atoms with Gasteiger partial charge in [0, 0.05) is 0 Å². The van der Waals surface area contributed by atoms with E-state index < -0.39 is 6.16 Å². The van der Waals surface area contributed by atoms with Crippen molar-refractivity contribution in [3.8, 4) is 0 Å². The van der Waals surface area contributed by atoms with Gasteiger partial charge in [0.1, 0.15) is 6.10 Å². The lowest BCUT2D eigenvalue weighted by Gasteiger charge is -2.14. The van der Waals surface area contributed by atoms with Crippen molar-refractivity contribution in [2.24, 2.45) is 0 Å². The Kier molecular flexibility index (Phi) is 5.42. The van der Waals surface area contributed by atoms with Crippen molar-refractivity contribution in [2.45, 2.75) is 51.0 Å². The smallest absolute Gasteiger partial charge is 0.434 e. The van der Waals surface area contributed by atoms with E-state index in [0.29, 0.717) is 13.0 Å². The third-order valence-electron chi connectivity index (χ3n) is 2.43. The van der Waals surface area contributed by atoms with Crippen molar-refractivity contribution in [3.05, 3.63) is 6.92 Å². The molecule has 1 rings (SSSR count). The average molecular weight is 199 g/mol. The van der Waals surface area contributed by atoms with Gasteiger partial charge in [-0.25, -0.2) is 4.79 Å². The first-order valence-corrected chi connectivity index (χ1v) is 5.45. The van der Waals surface area contributed by atoms with Crippen LogP contribution in [0.3, 0.4) is 0 Å². The Morgan fingerprint density at radius 2 is 1.86 bits per heavy atom. The van der Waals surface area contributed by atoms with Crippen LogP contribution in [-0.2, 0) is 9.47 Å². The molecule has 0 atom stereocenters. The molecule has 1 radical (unpaired) electrons. The summed E-state index contributed by atoms with van der Waals surface area (Å²) >= 11 is 0. The monoisotopic (exact) mass is 199 g/mol. The third kappa shape index (κ3) is 4.49. The van der Waals surface area contributed by atoms with Crippen LogP contribution in [-0.4, -0.2) is 18.9 Å². The highest BCUT2D eigenvalue weighted by molar-refractivity contribution is 5.60. The summed E-state index contributed by atoms with van der Waals surface area (Å²) in [5.41, 5.74) is 0. The second kappa shape index (κ2) is 6.68. The number of carbonyl (C=O) groups is 1. The summed E-state index contributed by atoms with van der Waals surface area (Å²) in [5.74, 6) is 0. The largest absolute Gasteiger partial charge is 0.508 e. The first kappa shape index (κ1) is 11.3. The molecule has 81 valence electrons. The normalized spacial score (nSPS) is 18.6. The van der Waals surface area contributed by atoms with Gasteiger partial charge < -0.3 is 9.47 Å². The van der Waals surface area contributed by atoms with Gasteiger partial charge in [0.15, 0.2) is 0 Å². The van der Waals surface area contributed by atoms with Crippen LogP contribution in [0.25, 0.3) is 0 Å². The van der Waals surface area contributed by atoms with Gasteiger partial charge in [-0.05, 0) is 39.0 Å². The molecule has 1 fully saturated rings. The van der Waals surface area contributed by atoms with E-state index in [4.69, 9.17) is 9.47 Å². The van der Waals surface area contributed by atoms with E-state index in [0.717, 1.165) is 25.7 Å². The van der Waals surface area contributed by atoms with Crippen LogP contribution < -0.4 is 0 Å². The zero-order chi connectivity index (χ0) is 10.2. The molecule has 0 aromatic rings. The van der Waals surface area contributed by atoms with E-state index >= 15 is 0 Å².